The highest BCUT2D eigenvalue weighted by atomic mass is 35.5. The van der Waals surface area contributed by atoms with Crippen LogP contribution < -0.4 is 0 Å². The van der Waals surface area contributed by atoms with E-state index in [1.165, 1.54) is 18.2 Å². The number of amides is 1. The van der Waals surface area contributed by atoms with Crippen LogP contribution in [0.3, 0.4) is 0 Å². The Kier molecular flexibility index (Phi) is 4.77. The fourth-order valence-corrected chi connectivity index (χ4v) is 2.43. The maximum Gasteiger partial charge on any atom is 0.253 e. The summed E-state index contributed by atoms with van der Waals surface area (Å²) in [5.41, 5.74) is 0.418. The highest BCUT2D eigenvalue weighted by molar-refractivity contribution is 6.31. The number of rotatable bonds is 3. The van der Waals surface area contributed by atoms with Crippen LogP contribution in [-0.4, -0.2) is 37.6 Å². The zero-order valence-electron chi connectivity index (χ0n) is 10.9. The second-order valence-corrected chi connectivity index (χ2v) is 5.28. The van der Waals surface area contributed by atoms with Crippen molar-refractivity contribution in [1.82, 2.24) is 4.90 Å². The Balaban J connectivity index is 1.99. The van der Waals surface area contributed by atoms with Crippen LogP contribution in [-0.2, 0) is 4.74 Å². The molecule has 0 atom stereocenters. The van der Waals surface area contributed by atoms with Crippen LogP contribution in [0.4, 0.5) is 4.39 Å². The normalized spacial score (nSPS) is 16.4. The molecule has 1 fully saturated rings. The van der Waals surface area contributed by atoms with Crippen LogP contribution in [0, 0.1) is 11.7 Å². The molecule has 104 valence electrons. The molecule has 0 N–H and O–H groups in total. The Hall–Kier alpha value is -1.13. The van der Waals surface area contributed by atoms with E-state index in [0.29, 0.717) is 18.0 Å². The molecule has 0 unspecified atom stereocenters. The monoisotopic (exact) mass is 285 g/mol. The molecule has 1 amide bonds. The molecule has 1 aliphatic rings. The van der Waals surface area contributed by atoms with Crippen molar-refractivity contribution in [3.63, 3.8) is 0 Å². The molecule has 1 aromatic rings. The summed E-state index contributed by atoms with van der Waals surface area (Å²) in [6.45, 7) is 2.21. The van der Waals surface area contributed by atoms with Gasteiger partial charge in [-0.25, -0.2) is 4.39 Å². The fraction of sp³-hybridized carbons (Fsp3) is 0.500. The van der Waals surface area contributed by atoms with Crippen LogP contribution in [0.15, 0.2) is 18.2 Å². The van der Waals surface area contributed by atoms with Crippen molar-refractivity contribution in [1.29, 1.82) is 0 Å². The van der Waals surface area contributed by atoms with E-state index in [2.05, 4.69) is 0 Å². The summed E-state index contributed by atoms with van der Waals surface area (Å²) in [7, 11) is 1.76. The van der Waals surface area contributed by atoms with Gasteiger partial charge in [0.1, 0.15) is 5.82 Å². The van der Waals surface area contributed by atoms with E-state index in [4.69, 9.17) is 16.3 Å². The molecule has 1 heterocycles. The second-order valence-electron chi connectivity index (χ2n) is 4.87. The van der Waals surface area contributed by atoms with Crippen LogP contribution in [0.2, 0.25) is 5.02 Å². The zero-order chi connectivity index (χ0) is 13.8. The fourth-order valence-electron chi connectivity index (χ4n) is 2.25. The topological polar surface area (TPSA) is 29.5 Å². The van der Waals surface area contributed by atoms with E-state index >= 15 is 0 Å². The molecule has 0 radical (unpaired) electrons. The third-order valence-electron chi connectivity index (χ3n) is 3.39. The smallest absolute Gasteiger partial charge is 0.253 e. The first-order valence-corrected chi connectivity index (χ1v) is 6.74. The molecule has 0 aliphatic carbocycles. The van der Waals surface area contributed by atoms with Gasteiger partial charge in [0.2, 0.25) is 0 Å². The minimum absolute atomic E-state index is 0.0229. The third-order valence-corrected chi connectivity index (χ3v) is 3.68. The summed E-state index contributed by atoms with van der Waals surface area (Å²) >= 11 is 5.69. The predicted molar refractivity (Wildman–Crippen MR) is 71.9 cm³/mol. The Morgan fingerprint density at radius 1 is 1.47 bits per heavy atom. The van der Waals surface area contributed by atoms with Crippen molar-refractivity contribution in [3.05, 3.63) is 34.6 Å². The minimum Gasteiger partial charge on any atom is -0.381 e. The summed E-state index contributed by atoms with van der Waals surface area (Å²) in [4.78, 5) is 13.9. The van der Waals surface area contributed by atoms with Gasteiger partial charge in [0, 0.05) is 32.4 Å². The number of hydrogen-bond acceptors (Lipinski definition) is 2. The van der Waals surface area contributed by atoms with Crippen molar-refractivity contribution in [2.45, 2.75) is 12.8 Å². The molecule has 1 saturated heterocycles. The summed E-state index contributed by atoms with van der Waals surface area (Å²) in [6.07, 6.45) is 1.95. The first-order valence-electron chi connectivity index (χ1n) is 6.36. The first-order chi connectivity index (χ1) is 9.08. The summed E-state index contributed by atoms with van der Waals surface area (Å²) in [6, 6.07) is 4.06. The standard InChI is InChI=1S/C14H17ClFNO2/c1-17(9-10-4-6-19-7-5-10)14(18)11-2-3-13(16)12(15)8-11/h2-3,8,10H,4-7,9H2,1H3. The van der Waals surface area contributed by atoms with Gasteiger partial charge >= 0.3 is 0 Å². The lowest BCUT2D eigenvalue weighted by molar-refractivity contribution is 0.0497. The molecule has 2 rings (SSSR count). The number of halogens is 2. The quantitative estimate of drug-likeness (QED) is 0.854. The summed E-state index contributed by atoms with van der Waals surface area (Å²) in [5, 5.41) is -0.0229. The van der Waals surface area contributed by atoms with Gasteiger partial charge in [-0.3, -0.25) is 4.79 Å². The van der Waals surface area contributed by atoms with Gasteiger partial charge in [-0.1, -0.05) is 11.6 Å². The molecule has 19 heavy (non-hydrogen) atoms. The largest absolute Gasteiger partial charge is 0.381 e. The maximum atomic E-state index is 13.1. The molecule has 3 nitrogen and oxygen atoms in total. The van der Waals surface area contributed by atoms with Crippen LogP contribution in [0.1, 0.15) is 23.2 Å². The van der Waals surface area contributed by atoms with Gasteiger partial charge in [-0.05, 0) is 37.0 Å². The molecular weight excluding hydrogens is 269 g/mol. The van der Waals surface area contributed by atoms with E-state index in [1.54, 1.807) is 11.9 Å². The average Bonchev–Trinajstić information content (AvgIpc) is 2.42. The number of carbonyl (C=O) groups is 1. The lowest BCUT2D eigenvalue weighted by Crippen LogP contribution is -2.34. The van der Waals surface area contributed by atoms with Crippen molar-refractivity contribution in [3.8, 4) is 0 Å². The average molecular weight is 286 g/mol. The number of hydrogen-bond donors (Lipinski definition) is 0. The van der Waals surface area contributed by atoms with E-state index in [-0.39, 0.29) is 10.9 Å². The minimum atomic E-state index is -0.509. The van der Waals surface area contributed by atoms with Crippen molar-refractivity contribution in [2.24, 2.45) is 5.92 Å². The molecule has 1 aromatic carbocycles. The van der Waals surface area contributed by atoms with Crippen LogP contribution in [0.5, 0.6) is 0 Å². The Labute approximate surface area is 117 Å². The molecule has 0 bridgehead atoms. The Morgan fingerprint density at radius 3 is 2.79 bits per heavy atom. The molecule has 0 aromatic heterocycles. The highest BCUT2D eigenvalue weighted by Crippen LogP contribution is 2.19. The van der Waals surface area contributed by atoms with Gasteiger partial charge in [0.05, 0.1) is 5.02 Å². The van der Waals surface area contributed by atoms with Gasteiger partial charge < -0.3 is 9.64 Å². The lowest BCUT2D eigenvalue weighted by Gasteiger charge is -2.27. The number of ether oxygens (including phenoxy) is 1. The number of carbonyl (C=O) groups excluding carboxylic acids is 1. The molecule has 0 saturated carbocycles. The van der Waals surface area contributed by atoms with Gasteiger partial charge in [-0.2, -0.15) is 0 Å². The number of benzene rings is 1. The van der Waals surface area contributed by atoms with Gasteiger partial charge in [0.15, 0.2) is 0 Å². The van der Waals surface area contributed by atoms with Crippen molar-refractivity contribution >= 4 is 17.5 Å². The van der Waals surface area contributed by atoms with E-state index in [9.17, 15) is 9.18 Å². The van der Waals surface area contributed by atoms with Gasteiger partial charge in [-0.15, -0.1) is 0 Å². The number of nitrogens with zero attached hydrogens (tertiary/aromatic N) is 1. The molecule has 1 aliphatic heterocycles. The summed E-state index contributed by atoms with van der Waals surface area (Å²) in [5.74, 6) is -0.169. The first kappa shape index (κ1) is 14.3. The highest BCUT2D eigenvalue weighted by Gasteiger charge is 2.20. The summed E-state index contributed by atoms with van der Waals surface area (Å²) < 4.78 is 18.4. The van der Waals surface area contributed by atoms with Crippen molar-refractivity contribution in [2.75, 3.05) is 26.8 Å². The Morgan fingerprint density at radius 2 is 2.16 bits per heavy atom. The SMILES string of the molecule is CN(CC1CCOCC1)C(=O)c1ccc(F)c(Cl)c1. The predicted octanol–water partition coefficient (Wildman–Crippen LogP) is 2.98. The molecular formula is C14H17ClFNO2. The Bertz CT molecular complexity index is 461. The van der Waals surface area contributed by atoms with E-state index in [1.807, 2.05) is 0 Å². The zero-order valence-corrected chi connectivity index (χ0v) is 11.6. The molecule has 0 spiro atoms. The van der Waals surface area contributed by atoms with Crippen LogP contribution >= 0.6 is 11.6 Å². The third kappa shape index (κ3) is 3.67. The van der Waals surface area contributed by atoms with E-state index in [0.717, 1.165) is 26.1 Å². The van der Waals surface area contributed by atoms with Crippen molar-refractivity contribution < 1.29 is 13.9 Å². The lowest BCUT2D eigenvalue weighted by atomic mass is 9.99. The van der Waals surface area contributed by atoms with Gasteiger partial charge in [0.25, 0.3) is 5.91 Å². The molecule has 5 heteroatoms. The maximum absolute atomic E-state index is 13.1. The van der Waals surface area contributed by atoms with Crippen LogP contribution in [0.25, 0.3) is 0 Å². The van der Waals surface area contributed by atoms with E-state index < -0.39 is 5.82 Å². The second kappa shape index (κ2) is 6.35.